The van der Waals surface area contributed by atoms with Gasteiger partial charge in [-0.2, -0.15) is 10.2 Å². The van der Waals surface area contributed by atoms with Crippen LogP contribution in [0.4, 0.5) is 0 Å². The Bertz CT molecular complexity index is 999. The van der Waals surface area contributed by atoms with Gasteiger partial charge in [-0.25, -0.2) is 5.01 Å². The number of nitrogens with two attached hydrogens (primary N) is 1. The first-order chi connectivity index (χ1) is 13.9. The topological polar surface area (TPSA) is 134 Å². The number of carbonyl (C=O) groups is 3. The molecule has 1 aromatic heterocycles. The molecular formula is C19H19ClN6O3. The summed E-state index contributed by atoms with van der Waals surface area (Å²) in [6.07, 6.45) is 2.90. The zero-order valence-electron chi connectivity index (χ0n) is 15.4. The van der Waals surface area contributed by atoms with Crippen molar-refractivity contribution >= 4 is 35.0 Å². The minimum atomic E-state index is -0.661. The summed E-state index contributed by atoms with van der Waals surface area (Å²) < 4.78 is 0. The van der Waals surface area contributed by atoms with Gasteiger partial charge in [0.05, 0.1) is 42.2 Å². The molecule has 10 heteroatoms. The first kappa shape index (κ1) is 20.3. The van der Waals surface area contributed by atoms with Gasteiger partial charge in [0.25, 0.3) is 11.8 Å². The van der Waals surface area contributed by atoms with Crippen molar-refractivity contribution in [3.05, 3.63) is 65.0 Å². The summed E-state index contributed by atoms with van der Waals surface area (Å²) in [6.45, 7) is 3.82. The van der Waals surface area contributed by atoms with Crippen LogP contribution in [0.1, 0.15) is 40.5 Å². The second-order valence-corrected chi connectivity index (χ2v) is 6.81. The molecule has 0 fully saturated rings. The summed E-state index contributed by atoms with van der Waals surface area (Å²) in [5.41, 5.74) is 7.17. The molecule has 0 radical (unpaired) electrons. The third kappa shape index (κ3) is 4.69. The van der Waals surface area contributed by atoms with Crippen molar-refractivity contribution in [1.29, 1.82) is 0 Å². The Kier molecular flexibility index (Phi) is 6.08. The third-order valence-electron chi connectivity index (χ3n) is 4.37. The summed E-state index contributed by atoms with van der Waals surface area (Å²) in [5.74, 6) is -1.36. The number of rotatable bonds is 7. The van der Waals surface area contributed by atoms with Crippen molar-refractivity contribution in [2.24, 2.45) is 10.8 Å². The lowest BCUT2D eigenvalue weighted by atomic mass is 10.0. The number of benzene rings is 1. The lowest BCUT2D eigenvalue weighted by molar-refractivity contribution is -0.125. The lowest BCUT2D eigenvalue weighted by Crippen LogP contribution is -2.32. The minimum Gasteiger partial charge on any atom is -0.370 e. The van der Waals surface area contributed by atoms with Crippen LogP contribution in [-0.4, -0.2) is 45.2 Å². The molecule has 1 aliphatic rings. The predicted octanol–water partition coefficient (Wildman–Crippen LogP) is 1.53. The number of carbonyl (C=O) groups excluding carboxylic acids is 3. The normalized spacial score (nSPS) is 14.2. The maximum atomic E-state index is 12.9. The summed E-state index contributed by atoms with van der Waals surface area (Å²) in [4.78, 5) is 36.1. The number of aromatic nitrogens is 2. The Hall–Kier alpha value is -3.46. The Balaban J connectivity index is 1.83. The number of H-pyrrole nitrogens is 1. The summed E-state index contributed by atoms with van der Waals surface area (Å²) in [6, 6.07) is 6.16. The molecule has 0 aliphatic carbocycles. The van der Waals surface area contributed by atoms with Gasteiger partial charge in [-0.3, -0.25) is 19.5 Å². The molecule has 29 heavy (non-hydrogen) atoms. The second kappa shape index (κ2) is 8.70. The van der Waals surface area contributed by atoms with Crippen LogP contribution in [0.3, 0.4) is 0 Å². The van der Waals surface area contributed by atoms with Gasteiger partial charge < -0.3 is 11.1 Å². The van der Waals surface area contributed by atoms with Gasteiger partial charge in [-0.1, -0.05) is 30.3 Å². The Morgan fingerprint density at radius 2 is 2.21 bits per heavy atom. The molecule has 0 bridgehead atoms. The van der Waals surface area contributed by atoms with Crippen LogP contribution < -0.4 is 11.1 Å². The third-order valence-corrected chi connectivity index (χ3v) is 4.60. The fourth-order valence-corrected chi connectivity index (χ4v) is 3.19. The summed E-state index contributed by atoms with van der Waals surface area (Å²) in [5, 5.41) is 15.4. The molecule has 0 saturated carbocycles. The lowest BCUT2D eigenvalue weighted by Gasteiger charge is -2.18. The first-order valence-electron chi connectivity index (χ1n) is 8.78. The maximum absolute atomic E-state index is 12.9. The highest BCUT2D eigenvalue weighted by atomic mass is 35.5. The number of primary amides is 1. The van der Waals surface area contributed by atoms with E-state index in [1.165, 1.54) is 17.3 Å². The number of hydrogen-bond acceptors (Lipinski definition) is 5. The van der Waals surface area contributed by atoms with Gasteiger partial charge in [0.2, 0.25) is 5.91 Å². The van der Waals surface area contributed by atoms with Crippen LogP contribution in [0.15, 0.2) is 48.2 Å². The zero-order chi connectivity index (χ0) is 21.0. The van der Waals surface area contributed by atoms with Crippen molar-refractivity contribution in [2.45, 2.75) is 18.9 Å². The van der Waals surface area contributed by atoms with E-state index < -0.39 is 17.9 Å². The van der Waals surface area contributed by atoms with Crippen LogP contribution >= 0.6 is 11.6 Å². The standard InChI is InChI=1S/C19H19ClN6O3/c1-2-17(28)26-7-6-14(25-26)18-13(10-22-24-18)19(29)23-15(9-16(21)27)11-4-3-5-12(20)8-11/h2-5,8,10,15H,1,6-7,9H2,(H2,21,27)(H,22,24)(H,23,29)/t15-/m0/s1. The molecule has 1 atom stereocenters. The molecule has 1 aromatic carbocycles. The van der Waals surface area contributed by atoms with Crippen molar-refractivity contribution in [3.63, 3.8) is 0 Å². The van der Waals surface area contributed by atoms with Crippen LogP contribution in [0.2, 0.25) is 5.02 Å². The molecule has 2 aromatic rings. The van der Waals surface area contributed by atoms with E-state index in [4.69, 9.17) is 17.3 Å². The molecule has 1 aliphatic heterocycles. The number of hydrogen-bond donors (Lipinski definition) is 3. The fraction of sp³-hybridized carbons (Fsp3) is 0.211. The average Bonchev–Trinajstić information content (AvgIpc) is 3.35. The summed E-state index contributed by atoms with van der Waals surface area (Å²) >= 11 is 6.03. The molecule has 0 saturated heterocycles. The molecule has 3 rings (SSSR count). The molecular weight excluding hydrogens is 396 g/mol. The number of nitrogens with zero attached hydrogens (tertiary/aromatic N) is 3. The van der Waals surface area contributed by atoms with Gasteiger partial charge in [0, 0.05) is 11.4 Å². The number of aromatic amines is 1. The number of hydrazone groups is 1. The molecule has 2 heterocycles. The van der Waals surface area contributed by atoms with E-state index in [0.717, 1.165) is 0 Å². The Morgan fingerprint density at radius 3 is 2.90 bits per heavy atom. The predicted molar refractivity (Wildman–Crippen MR) is 107 cm³/mol. The van der Waals surface area contributed by atoms with Gasteiger partial charge in [-0.15, -0.1) is 0 Å². The Morgan fingerprint density at radius 1 is 1.41 bits per heavy atom. The Labute approximate surface area is 171 Å². The smallest absolute Gasteiger partial charge is 0.266 e. The largest absolute Gasteiger partial charge is 0.370 e. The van der Waals surface area contributed by atoms with Gasteiger partial charge in [-0.05, 0) is 23.8 Å². The van der Waals surface area contributed by atoms with Gasteiger partial charge >= 0.3 is 0 Å². The van der Waals surface area contributed by atoms with Crippen LogP contribution in [-0.2, 0) is 9.59 Å². The second-order valence-electron chi connectivity index (χ2n) is 6.37. The average molecular weight is 415 g/mol. The van der Waals surface area contributed by atoms with Crippen LogP contribution in [0.25, 0.3) is 0 Å². The highest BCUT2D eigenvalue weighted by Gasteiger charge is 2.26. The highest BCUT2D eigenvalue weighted by Crippen LogP contribution is 2.22. The van der Waals surface area contributed by atoms with Gasteiger partial charge in [0.15, 0.2) is 0 Å². The van der Waals surface area contributed by atoms with Crippen molar-refractivity contribution in [3.8, 4) is 0 Å². The molecule has 0 spiro atoms. The van der Waals surface area contributed by atoms with E-state index in [2.05, 4.69) is 27.2 Å². The zero-order valence-corrected chi connectivity index (χ0v) is 16.1. The number of amides is 3. The van der Waals surface area contributed by atoms with E-state index in [0.29, 0.717) is 35.0 Å². The summed E-state index contributed by atoms with van der Waals surface area (Å²) in [7, 11) is 0. The first-order valence-corrected chi connectivity index (χ1v) is 9.16. The van der Waals surface area contributed by atoms with Gasteiger partial charge in [0.1, 0.15) is 0 Å². The quantitative estimate of drug-likeness (QED) is 0.592. The van der Waals surface area contributed by atoms with Crippen molar-refractivity contribution in [2.75, 3.05) is 6.54 Å². The van der Waals surface area contributed by atoms with E-state index in [1.807, 2.05) is 0 Å². The monoisotopic (exact) mass is 414 g/mol. The van der Waals surface area contributed by atoms with E-state index in [9.17, 15) is 14.4 Å². The van der Waals surface area contributed by atoms with Crippen molar-refractivity contribution < 1.29 is 14.4 Å². The van der Waals surface area contributed by atoms with E-state index in [-0.39, 0.29) is 17.9 Å². The molecule has 0 unspecified atom stereocenters. The van der Waals surface area contributed by atoms with Crippen molar-refractivity contribution in [1.82, 2.24) is 20.5 Å². The van der Waals surface area contributed by atoms with E-state index >= 15 is 0 Å². The SMILES string of the molecule is C=CC(=O)N1CCC(c2[nH]ncc2C(=O)N[C@@H](CC(N)=O)c2cccc(Cl)c2)=N1. The highest BCUT2D eigenvalue weighted by molar-refractivity contribution is 6.30. The fourth-order valence-electron chi connectivity index (χ4n) is 2.99. The number of halogens is 1. The number of nitrogens with one attached hydrogen (secondary N) is 2. The molecule has 3 amide bonds. The molecule has 150 valence electrons. The van der Waals surface area contributed by atoms with E-state index in [1.54, 1.807) is 24.3 Å². The van der Waals surface area contributed by atoms with Crippen LogP contribution in [0.5, 0.6) is 0 Å². The molecule has 4 N–H and O–H groups in total. The molecule has 9 nitrogen and oxygen atoms in total. The maximum Gasteiger partial charge on any atom is 0.266 e. The minimum absolute atomic E-state index is 0.0954. The van der Waals surface area contributed by atoms with Crippen LogP contribution in [0, 0.1) is 0 Å².